The molecule has 1 aliphatic heterocycles. The third kappa shape index (κ3) is 5.43. The molecule has 8 nitrogen and oxygen atoms in total. The van der Waals surface area contributed by atoms with Crippen LogP contribution >= 0.6 is 0 Å². The Balaban J connectivity index is 0.000000858. The zero-order chi connectivity index (χ0) is 22.6. The molecule has 3 aromatic rings. The van der Waals surface area contributed by atoms with E-state index in [0.29, 0.717) is 23.6 Å². The summed E-state index contributed by atoms with van der Waals surface area (Å²) in [5.41, 5.74) is -0.296. The van der Waals surface area contributed by atoms with E-state index in [9.17, 15) is 18.3 Å². The van der Waals surface area contributed by atoms with Gasteiger partial charge >= 0.3 is 6.18 Å². The summed E-state index contributed by atoms with van der Waals surface area (Å²) in [5.74, 6) is 0.209. The molecule has 0 saturated carbocycles. The molecule has 166 valence electrons. The van der Waals surface area contributed by atoms with Gasteiger partial charge in [-0.05, 0) is 56.8 Å². The number of pyridine rings is 1. The number of carbonyl (C=O) groups is 1. The highest BCUT2D eigenvalue weighted by atomic mass is 19.4. The standard InChI is InChI=1S/C19H20F3N5O.CH2O2/c1-26-8-2-3-14(11-26)23-17-7-4-12-10-27(25-18(12)24-17)15-6-5-13(9-16(15)28)19(20,21)22;2-1-3/h4-7,9-10,14,28H,2-3,8,11H2,1H3,(H,23,24,25);1H,(H,2,3). The van der Waals surface area contributed by atoms with E-state index in [0.717, 1.165) is 37.4 Å². The summed E-state index contributed by atoms with van der Waals surface area (Å²) >= 11 is 0. The number of likely N-dealkylation sites (tertiary alicyclic amines) is 1. The van der Waals surface area contributed by atoms with Crippen molar-refractivity contribution < 1.29 is 28.2 Å². The Bertz CT molecular complexity index is 1050. The molecule has 3 N–H and O–H groups in total. The number of nitrogens with zero attached hydrogens (tertiary/aromatic N) is 4. The molecule has 0 aliphatic carbocycles. The van der Waals surface area contributed by atoms with Gasteiger partial charge in [0, 0.05) is 24.2 Å². The van der Waals surface area contributed by atoms with E-state index in [4.69, 9.17) is 9.90 Å². The molecule has 0 amide bonds. The molecule has 4 rings (SSSR count). The van der Waals surface area contributed by atoms with E-state index >= 15 is 0 Å². The van der Waals surface area contributed by atoms with E-state index in [1.807, 2.05) is 12.1 Å². The summed E-state index contributed by atoms with van der Waals surface area (Å²) in [5, 5.41) is 25.4. The largest absolute Gasteiger partial charge is 0.506 e. The number of hydrogen-bond acceptors (Lipinski definition) is 6. The third-order valence-electron chi connectivity index (χ3n) is 4.90. The first-order valence-electron chi connectivity index (χ1n) is 9.51. The smallest absolute Gasteiger partial charge is 0.416 e. The molecule has 0 bridgehead atoms. The van der Waals surface area contributed by atoms with E-state index < -0.39 is 17.5 Å². The van der Waals surface area contributed by atoms with Crippen molar-refractivity contribution in [2.24, 2.45) is 0 Å². The van der Waals surface area contributed by atoms with Crippen LogP contribution in [-0.2, 0) is 11.0 Å². The fraction of sp³-hybridized carbons (Fsp3) is 0.350. The van der Waals surface area contributed by atoms with Gasteiger partial charge in [0.25, 0.3) is 6.47 Å². The molecular formula is C20H22F3N5O3. The molecule has 1 fully saturated rings. The minimum atomic E-state index is -4.51. The van der Waals surface area contributed by atoms with Crippen molar-refractivity contribution in [1.29, 1.82) is 0 Å². The summed E-state index contributed by atoms with van der Waals surface area (Å²) in [6.45, 7) is 1.78. The number of nitrogens with one attached hydrogen (secondary N) is 1. The maximum Gasteiger partial charge on any atom is 0.416 e. The highest BCUT2D eigenvalue weighted by Gasteiger charge is 2.31. The van der Waals surface area contributed by atoms with Crippen LogP contribution in [0.3, 0.4) is 0 Å². The number of piperidine rings is 1. The summed E-state index contributed by atoms with van der Waals surface area (Å²) in [4.78, 5) is 15.1. The highest BCUT2D eigenvalue weighted by molar-refractivity contribution is 5.77. The molecule has 1 atom stereocenters. The number of aromatic hydroxyl groups is 1. The average Bonchev–Trinajstić information content (AvgIpc) is 3.11. The quantitative estimate of drug-likeness (QED) is 0.540. The van der Waals surface area contributed by atoms with Crippen LogP contribution < -0.4 is 5.32 Å². The van der Waals surface area contributed by atoms with E-state index in [-0.39, 0.29) is 12.2 Å². The monoisotopic (exact) mass is 437 g/mol. The number of phenols is 1. The number of carboxylic acid groups (broad SMARTS) is 1. The van der Waals surface area contributed by atoms with Crippen molar-refractivity contribution in [1.82, 2.24) is 19.7 Å². The number of likely N-dealkylation sites (N-methyl/N-ethyl adjacent to an activating group) is 1. The van der Waals surface area contributed by atoms with Gasteiger partial charge in [-0.2, -0.15) is 13.2 Å². The van der Waals surface area contributed by atoms with Crippen molar-refractivity contribution in [3.63, 3.8) is 0 Å². The molecule has 0 spiro atoms. The number of rotatable bonds is 3. The first-order chi connectivity index (χ1) is 14.7. The van der Waals surface area contributed by atoms with Crippen LogP contribution in [0.4, 0.5) is 19.0 Å². The van der Waals surface area contributed by atoms with Gasteiger partial charge in [0.05, 0.1) is 5.56 Å². The number of benzene rings is 1. The topological polar surface area (TPSA) is 104 Å². The Hall–Kier alpha value is -3.34. The number of alkyl halides is 3. The van der Waals surface area contributed by atoms with Gasteiger partial charge in [-0.25, -0.2) is 9.67 Å². The summed E-state index contributed by atoms with van der Waals surface area (Å²) in [6, 6.07) is 6.83. The second-order valence-corrected chi connectivity index (χ2v) is 7.24. The number of phenolic OH excluding ortho intramolecular Hbond substituents is 1. The molecule has 2 aromatic heterocycles. The molecule has 0 radical (unpaired) electrons. The molecular weight excluding hydrogens is 415 g/mol. The first-order valence-corrected chi connectivity index (χ1v) is 9.51. The van der Waals surface area contributed by atoms with Gasteiger partial charge in [-0.1, -0.05) is 0 Å². The second kappa shape index (κ2) is 9.21. The van der Waals surface area contributed by atoms with Crippen LogP contribution in [0.2, 0.25) is 0 Å². The fourth-order valence-corrected chi connectivity index (χ4v) is 3.49. The summed E-state index contributed by atoms with van der Waals surface area (Å²) < 4.78 is 39.7. The zero-order valence-electron chi connectivity index (χ0n) is 16.7. The first kappa shape index (κ1) is 22.3. The third-order valence-corrected chi connectivity index (χ3v) is 4.90. The normalized spacial score (nSPS) is 17.1. The second-order valence-electron chi connectivity index (χ2n) is 7.24. The van der Waals surface area contributed by atoms with Crippen molar-refractivity contribution in [2.45, 2.75) is 25.1 Å². The number of anilines is 1. The van der Waals surface area contributed by atoms with Crippen LogP contribution in [-0.4, -0.2) is 62.5 Å². The Morgan fingerprint density at radius 3 is 2.65 bits per heavy atom. The average molecular weight is 437 g/mol. The number of halogens is 3. The van der Waals surface area contributed by atoms with Crippen molar-refractivity contribution >= 4 is 23.3 Å². The SMILES string of the molecule is CN1CCCC(Nc2ccc3cn(-c4ccc(C(F)(F)F)cc4O)nc3n2)C1.O=CO. The Kier molecular flexibility index (Phi) is 6.64. The summed E-state index contributed by atoms with van der Waals surface area (Å²) in [7, 11) is 2.09. The van der Waals surface area contributed by atoms with Gasteiger partial charge in [-0.3, -0.25) is 4.79 Å². The Labute approximate surface area is 175 Å². The minimum Gasteiger partial charge on any atom is -0.506 e. The fourth-order valence-electron chi connectivity index (χ4n) is 3.49. The molecule has 1 unspecified atom stereocenters. The van der Waals surface area contributed by atoms with Gasteiger partial charge in [0.15, 0.2) is 5.65 Å². The minimum absolute atomic E-state index is 0.161. The number of hydrogen-bond donors (Lipinski definition) is 3. The van der Waals surface area contributed by atoms with Crippen LogP contribution in [0.25, 0.3) is 16.7 Å². The number of fused-ring (bicyclic) bond motifs is 1. The predicted molar refractivity (Wildman–Crippen MR) is 108 cm³/mol. The van der Waals surface area contributed by atoms with Crippen molar-refractivity contribution in [3.8, 4) is 11.4 Å². The lowest BCUT2D eigenvalue weighted by molar-refractivity contribution is -0.137. The van der Waals surface area contributed by atoms with Crippen molar-refractivity contribution in [3.05, 3.63) is 42.1 Å². The predicted octanol–water partition coefficient (Wildman–Crippen LogP) is 3.35. The van der Waals surface area contributed by atoms with Gasteiger partial charge in [0.2, 0.25) is 0 Å². The summed E-state index contributed by atoms with van der Waals surface area (Å²) in [6.07, 6.45) is -0.695. The zero-order valence-corrected chi connectivity index (χ0v) is 16.7. The van der Waals surface area contributed by atoms with Crippen LogP contribution in [0.5, 0.6) is 5.75 Å². The maximum atomic E-state index is 12.8. The van der Waals surface area contributed by atoms with Gasteiger partial charge in [-0.15, -0.1) is 5.10 Å². The Morgan fingerprint density at radius 2 is 2.00 bits per heavy atom. The molecule has 1 saturated heterocycles. The lowest BCUT2D eigenvalue weighted by atomic mass is 10.1. The van der Waals surface area contributed by atoms with E-state index in [2.05, 4.69) is 27.3 Å². The van der Waals surface area contributed by atoms with E-state index in [1.165, 1.54) is 10.7 Å². The lowest BCUT2D eigenvalue weighted by Crippen LogP contribution is -2.39. The van der Waals surface area contributed by atoms with Gasteiger partial charge in [0.1, 0.15) is 17.3 Å². The van der Waals surface area contributed by atoms with Crippen LogP contribution in [0.15, 0.2) is 36.5 Å². The molecule has 1 aliphatic rings. The van der Waals surface area contributed by atoms with Crippen LogP contribution in [0, 0.1) is 0 Å². The van der Waals surface area contributed by atoms with Crippen molar-refractivity contribution in [2.75, 3.05) is 25.5 Å². The Morgan fingerprint density at radius 1 is 1.26 bits per heavy atom. The highest BCUT2D eigenvalue weighted by Crippen LogP contribution is 2.34. The van der Waals surface area contributed by atoms with Crippen LogP contribution in [0.1, 0.15) is 18.4 Å². The lowest BCUT2D eigenvalue weighted by Gasteiger charge is -2.30. The maximum absolute atomic E-state index is 12.8. The van der Waals surface area contributed by atoms with Gasteiger partial charge < -0.3 is 20.4 Å². The van der Waals surface area contributed by atoms with E-state index in [1.54, 1.807) is 6.20 Å². The number of aromatic nitrogens is 3. The molecule has 11 heteroatoms. The molecule has 1 aromatic carbocycles. The molecule has 31 heavy (non-hydrogen) atoms. The molecule has 3 heterocycles.